The summed E-state index contributed by atoms with van der Waals surface area (Å²) in [5.41, 5.74) is 9.14. The number of nitrogens with zero attached hydrogens (tertiary/aromatic N) is 3. The van der Waals surface area contributed by atoms with E-state index in [9.17, 15) is 0 Å². The SMILES string of the molecule is C=C/C=C(/c1cccs1)c1cc(-c2[nH]nc3ncc(-c4cncc(CNCC)c4)cc23)[nH]c1C. The number of hydrogen-bond acceptors (Lipinski definition) is 5. The van der Waals surface area contributed by atoms with Crippen molar-refractivity contribution in [2.45, 2.75) is 20.4 Å². The zero-order valence-electron chi connectivity index (χ0n) is 19.2. The van der Waals surface area contributed by atoms with E-state index in [-0.39, 0.29) is 0 Å². The van der Waals surface area contributed by atoms with Gasteiger partial charge in [-0.15, -0.1) is 11.3 Å². The molecule has 3 N–H and O–H groups in total. The van der Waals surface area contributed by atoms with Crippen molar-refractivity contribution >= 4 is 27.9 Å². The number of allylic oxidation sites excluding steroid dienone is 2. The van der Waals surface area contributed by atoms with Crippen LogP contribution in [0.2, 0.25) is 0 Å². The van der Waals surface area contributed by atoms with E-state index in [0.717, 1.165) is 63.4 Å². The molecule has 0 atom stereocenters. The molecule has 0 fully saturated rings. The summed E-state index contributed by atoms with van der Waals surface area (Å²) in [5, 5.41) is 14.0. The van der Waals surface area contributed by atoms with Gasteiger partial charge in [0.25, 0.3) is 0 Å². The molecular formula is C27H26N6S. The molecular weight excluding hydrogens is 440 g/mol. The van der Waals surface area contributed by atoms with E-state index in [4.69, 9.17) is 0 Å². The maximum absolute atomic E-state index is 4.61. The van der Waals surface area contributed by atoms with E-state index >= 15 is 0 Å². The number of aromatic nitrogens is 5. The molecule has 0 spiro atoms. The van der Waals surface area contributed by atoms with Gasteiger partial charge in [0.1, 0.15) is 0 Å². The molecule has 6 nitrogen and oxygen atoms in total. The van der Waals surface area contributed by atoms with Gasteiger partial charge in [0, 0.05) is 63.4 Å². The van der Waals surface area contributed by atoms with Crippen LogP contribution >= 0.6 is 11.3 Å². The molecule has 5 rings (SSSR count). The third-order valence-corrected chi connectivity index (χ3v) is 6.67. The second kappa shape index (κ2) is 9.59. The standard InChI is InChI=1S/C27H26N6S/c1-4-7-21(25-8-6-9-34-25)22-12-24(31-17(22)3)26-23-11-20(16-30-27(23)33-32-26)19-10-18(13-28-5-2)14-29-15-19/h4,6-12,14-16,28,31H,1,5,13H2,2-3H3,(H,30,32,33)/b21-7+. The minimum atomic E-state index is 0.685. The summed E-state index contributed by atoms with van der Waals surface area (Å²) >= 11 is 1.72. The fourth-order valence-corrected chi connectivity index (χ4v) is 4.87. The maximum atomic E-state index is 4.61. The van der Waals surface area contributed by atoms with Crippen molar-refractivity contribution in [2.75, 3.05) is 6.54 Å². The average molecular weight is 467 g/mol. The lowest BCUT2D eigenvalue weighted by molar-refractivity contribution is 0.724. The fourth-order valence-electron chi connectivity index (χ4n) is 4.10. The van der Waals surface area contributed by atoms with Gasteiger partial charge >= 0.3 is 0 Å². The lowest BCUT2D eigenvalue weighted by atomic mass is 10.0. The summed E-state index contributed by atoms with van der Waals surface area (Å²) in [6.45, 7) is 9.81. The smallest absolute Gasteiger partial charge is 0.181 e. The lowest BCUT2D eigenvalue weighted by Gasteiger charge is -2.06. The van der Waals surface area contributed by atoms with E-state index in [1.54, 1.807) is 11.3 Å². The Balaban J connectivity index is 1.55. The van der Waals surface area contributed by atoms with Crippen molar-refractivity contribution in [3.05, 3.63) is 94.7 Å². The van der Waals surface area contributed by atoms with Crippen molar-refractivity contribution in [3.8, 4) is 22.5 Å². The number of aryl methyl sites for hydroxylation is 1. The van der Waals surface area contributed by atoms with Crippen molar-refractivity contribution in [2.24, 2.45) is 0 Å². The Hall–Kier alpha value is -3.81. The van der Waals surface area contributed by atoms with Gasteiger partial charge < -0.3 is 10.3 Å². The van der Waals surface area contributed by atoms with Crippen LogP contribution in [0.5, 0.6) is 0 Å². The first-order valence-electron chi connectivity index (χ1n) is 11.2. The number of nitrogens with one attached hydrogen (secondary N) is 3. The third kappa shape index (κ3) is 4.23. The van der Waals surface area contributed by atoms with Gasteiger partial charge in [0.2, 0.25) is 0 Å². The quantitative estimate of drug-likeness (QED) is 0.241. The molecule has 5 aromatic rings. The number of fused-ring (bicyclic) bond motifs is 1. The molecule has 0 aliphatic heterocycles. The second-order valence-corrected chi connectivity index (χ2v) is 9.02. The number of aromatic amines is 2. The van der Waals surface area contributed by atoms with Crippen LogP contribution in [-0.4, -0.2) is 31.7 Å². The zero-order valence-corrected chi connectivity index (χ0v) is 20.0. The Kier molecular flexibility index (Phi) is 6.20. The van der Waals surface area contributed by atoms with Crippen LogP contribution in [0.3, 0.4) is 0 Å². The van der Waals surface area contributed by atoms with Gasteiger partial charge in [-0.25, -0.2) is 4.98 Å². The molecule has 170 valence electrons. The fraction of sp³-hybridized carbons (Fsp3) is 0.148. The van der Waals surface area contributed by atoms with Crippen molar-refractivity contribution in [3.63, 3.8) is 0 Å². The van der Waals surface area contributed by atoms with Crippen LogP contribution in [0.15, 0.2) is 73.0 Å². The zero-order chi connectivity index (χ0) is 23.5. The normalized spacial score (nSPS) is 11.9. The minimum absolute atomic E-state index is 0.685. The van der Waals surface area contributed by atoms with Crippen LogP contribution in [0.1, 0.15) is 28.6 Å². The van der Waals surface area contributed by atoms with Crippen LogP contribution in [0.25, 0.3) is 39.1 Å². The van der Waals surface area contributed by atoms with Crippen molar-refractivity contribution < 1.29 is 0 Å². The van der Waals surface area contributed by atoms with Gasteiger partial charge in [-0.05, 0) is 48.7 Å². The molecule has 0 radical (unpaired) electrons. The monoisotopic (exact) mass is 466 g/mol. The minimum Gasteiger partial charge on any atom is -0.357 e. The lowest BCUT2D eigenvalue weighted by Crippen LogP contribution is -2.11. The molecule has 5 heterocycles. The molecule has 0 amide bonds. The Morgan fingerprint density at radius 3 is 2.85 bits per heavy atom. The maximum Gasteiger partial charge on any atom is 0.181 e. The van der Waals surface area contributed by atoms with E-state index in [1.165, 1.54) is 4.88 Å². The van der Waals surface area contributed by atoms with Gasteiger partial charge in [-0.1, -0.05) is 31.7 Å². The average Bonchev–Trinajstić information content (AvgIpc) is 3.61. The van der Waals surface area contributed by atoms with Gasteiger partial charge in [-0.3, -0.25) is 10.1 Å². The molecule has 0 saturated heterocycles. The number of H-pyrrole nitrogens is 2. The highest BCUT2D eigenvalue weighted by molar-refractivity contribution is 7.11. The topological polar surface area (TPSA) is 82.3 Å². The molecule has 0 unspecified atom stereocenters. The highest BCUT2D eigenvalue weighted by Gasteiger charge is 2.17. The Morgan fingerprint density at radius 1 is 1.18 bits per heavy atom. The first kappa shape index (κ1) is 22.0. The predicted octanol–water partition coefficient (Wildman–Crippen LogP) is 6.11. The summed E-state index contributed by atoms with van der Waals surface area (Å²) in [6, 6.07) is 10.7. The first-order chi connectivity index (χ1) is 16.7. The van der Waals surface area contributed by atoms with Crippen LogP contribution < -0.4 is 5.32 Å². The summed E-state index contributed by atoms with van der Waals surface area (Å²) in [4.78, 5) is 13.8. The summed E-state index contributed by atoms with van der Waals surface area (Å²) in [6.07, 6.45) is 9.52. The van der Waals surface area contributed by atoms with E-state index in [0.29, 0.717) is 5.65 Å². The molecule has 7 heteroatoms. The molecule has 5 aromatic heterocycles. The van der Waals surface area contributed by atoms with Crippen LogP contribution in [0.4, 0.5) is 0 Å². The number of hydrogen-bond donors (Lipinski definition) is 3. The largest absolute Gasteiger partial charge is 0.357 e. The summed E-state index contributed by atoms with van der Waals surface area (Å²) in [7, 11) is 0. The van der Waals surface area contributed by atoms with Gasteiger partial charge in [0.05, 0.1) is 11.4 Å². The highest BCUT2D eigenvalue weighted by Crippen LogP contribution is 2.35. The molecule has 0 aliphatic rings. The number of pyridine rings is 2. The third-order valence-electron chi connectivity index (χ3n) is 5.76. The Labute approximate surface area is 202 Å². The molecule has 0 bridgehead atoms. The molecule has 34 heavy (non-hydrogen) atoms. The van der Waals surface area contributed by atoms with E-state index < -0.39 is 0 Å². The van der Waals surface area contributed by atoms with Gasteiger partial charge in [-0.2, -0.15) is 5.10 Å². The molecule has 0 saturated carbocycles. The number of rotatable bonds is 8. The predicted molar refractivity (Wildman–Crippen MR) is 141 cm³/mol. The molecule has 0 aliphatic carbocycles. The molecule has 0 aromatic carbocycles. The van der Waals surface area contributed by atoms with E-state index in [2.05, 4.69) is 92.7 Å². The van der Waals surface area contributed by atoms with E-state index in [1.807, 2.05) is 24.7 Å². The Morgan fingerprint density at radius 2 is 2.06 bits per heavy atom. The van der Waals surface area contributed by atoms with Crippen molar-refractivity contribution in [1.82, 2.24) is 30.5 Å². The van der Waals surface area contributed by atoms with Gasteiger partial charge in [0.15, 0.2) is 5.65 Å². The second-order valence-electron chi connectivity index (χ2n) is 8.07. The summed E-state index contributed by atoms with van der Waals surface area (Å²) < 4.78 is 0. The first-order valence-corrected chi connectivity index (χ1v) is 12.1. The van der Waals surface area contributed by atoms with Crippen LogP contribution in [-0.2, 0) is 6.54 Å². The highest BCUT2D eigenvalue weighted by atomic mass is 32.1. The van der Waals surface area contributed by atoms with Crippen LogP contribution in [0, 0.1) is 6.92 Å². The van der Waals surface area contributed by atoms with Crippen molar-refractivity contribution in [1.29, 1.82) is 0 Å². The Bertz CT molecular complexity index is 1470. The summed E-state index contributed by atoms with van der Waals surface area (Å²) in [5.74, 6) is 0. The number of thiophene rings is 1.